The Bertz CT molecular complexity index is 1180. The summed E-state index contributed by atoms with van der Waals surface area (Å²) in [6.45, 7) is 0. The van der Waals surface area contributed by atoms with Crippen molar-refractivity contribution in [2.75, 3.05) is 18.2 Å². The second-order valence-electron chi connectivity index (χ2n) is 6.94. The van der Waals surface area contributed by atoms with Gasteiger partial charge in [-0.3, -0.25) is 9.36 Å². The molecule has 6 nitrogen and oxygen atoms in total. The minimum absolute atomic E-state index is 0.136. The summed E-state index contributed by atoms with van der Waals surface area (Å²) in [7, 11) is 1.62. The number of rotatable bonds is 8. The molecule has 1 aromatic heterocycles. The third-order valence-corrected chi connectivity index (χ3v) is 5.63. The first-order valence-corrected chi connectivity index (χ1v) is 10.9. The second-order valence-corrected chi connectivity index (χ2v) is 7.88. The number of benzene rings is 3. The summed E-state index contributed by atoms with van der Waals surface area (Å²) in [5.74, 6) is 1.09. The smallest absolute Gasteiger partial charge is 0.234 e. The van der Waals surface area contributed by atoms with Gasteiger partial charge in [-0.1, -0.05) is 42.1 Å². The summed E-state index contributed by atoms with van der Waals surface area (Å²) in [5, 5.41) is 12.1. The van der Waals surface area contributed by atoms with Crippen molar-refractivity contribution in [3.8, 4) is 11.4 Å². The lowest BCUT2D eigenvalue weighted by molar-refractivity contribution is -0.113. The maximum absolute atomic E-state index is 13.1. The minimum Gasteiger partial charge on any atom is -0.497 e. The zero-order valence-corrected chi connectivity index (χ0v) is 18.2. The number of carbonyl (C=O) groups excluding carboxylic acids is 1. The number of anilines is 1. The molecule has 162 valence electrons. The normalized spacial score (nSPS) is 10.7. The van der Waals surface area contributed by atoms with Crippen LogP contribution in [-0.2, 0) is 11.2 Å². The Balaban J connectivity index is 1.55. The lowest BCUT2D eigenvalue weighted by atomic mass is 10.1. The first-order chi connectivity index (χ1) is 15.6. The van der Waals surface area contributed by atoms with Crippen LogP contribution in [0.25, 0.3) is 5.69 Å². The van der Waals surface area contributed by atoms with Gasteiger partial charge in [0.25, 0.3) is 0 Å². The molecule has 0 radical (unpaired) electrons. The van der Waals surface area contributed by atoms with Crippen molar-refractivity contribution in [3.63, 3.8) is 0 Å². The fraction of sp³-hybridized carbons (Fsp3) is 0.125. The number of nitrogens with zero attached hydrogens (tertiary/aromatic N) is 3. The molecular weight excluding hydrogens is 427 g/mol. The molecule has 0 aliphatic heterocycles. The summed E-state index contributed by atoms with van der Waals surface area (Å²) in [6, 6.07) is 23.3. The van der Waals surface area contributed by atoms with Crippen molar-refractivity contribution in [3.05, 3.63) is 96.1 Å². The van der Waals surface area contributed by atoms with Crippen LogP contribution in [0.5, 0.6) is 5.75 Å². The second kappa shape index (κ2) is 10.1. The molecule has 0 bridgehead atoms. The van der Waals surface area contributed by atoms with E-state index in [1.807, 2.05) is 59.2 Å². The summed E-state index contributed by atoms with van der Waals surface area (Å²) in [6.07, 6.45) is 0.599. The molecule has 0 saturated carbocycles. The van der Waals surface area contributed by atoms with Crippen LogP contribution in [0.2, 0.25) is 0 Å². The van der Waals surface area contributed by atoms with Crippen molar-refractivity contribution in [2.24, 2.45) is 0 Å². The van der Waals surface area contributed by atoms with Crippen LogP contribution in [0, 0.1) is 5.82 Å². The standard InChI is InChI=1S/C24H21FN4O2S/c1-31-21-13-11-20(12-14-21)29-22(15-17-5-3-2-4-6-17)27-28-24(29)32-16-23(30)26-19-9-7-18(25)8-10-19/h2-14H,15-16H2,1H3,(H,26,30). The van der Waals surface area contributed by atoms with Crippen LogP contribution in [0.1, 0.15) is 11.4 Å². The molecular formula is C24H21FN4O2S. The number of ether oxygens (including phenoxy) is 1. The van der Waals surface area contributed by atoms with Crippen LogP contribution in [0.15, 0.2) is 84.0 Å². The predicted molar refractivity (Wildman–Crippen MR) is 123 cm³/mol. The fourth-order valence-electron chi connectivity index (χ4n) is 3.14. The maximum Gasteiger partial charge on any atom is 0.234 e. The molecule has 4 rings (SSSR count). The third kappa shape index (κ3) is 5.33. The molecule has 0 fully saturated rings. The van der Waals surface area contributed by atoms with E-state index in [1.165, 1.54) is 36.0 Å². The quantitative estimate of drug-likeness (QED) is 0.395. The molecule has 4 aromatic rings. The van der Waals surface area contributed by atoms with Crippen LogP contribution in [-0.4, -0.2) is 33.5 Å². The van der Waals surface area contributed by atoms with E-state index in [9.17, 15) is 9.18 Å². The van der Waals surface area contributed by atoms with Crippen LogP contribution in [0.3, 0.4) is 0 Å². The molecule has 32 heavy (non-hydrogen) atoms. The van der Waals surface area contributed by atoms with Crippen molar-refractivity contribution < 1.29 is 13.9 Å². The van der Waals surface area contributed by atoms with E-state index >= 15 is 0 Å². The molecule has 0 aliphatic rings. The van der Waals surface area contributed by atoms with E-state index in [-0.39, 0.29) is 17.5 Å². The molecule has 1 N–H and O–H groups in total. The average molecular weight is 449 g/mol. The van der Waals surface area contributed by atoms with Crippen molar-refractivity contribution in [1.29, 1.82) is 0 Å². The number of hydrogen-bond acceptors (Lipinski definition) is 5. The number of methoxy groups -OCH3 is 1. The Morgan fingerprint density at radius 2 is 1.72 bits per heavy atom. The minimum atomic E-state index is -0.351. The predicted octanol–water partition coefficient (Wildman–Crippen LogP) is 4.74. The largest absolute Gasteiger partial charge is 0.497 e. The van der Waals surface area contributed by atoms with Gasteiger partial charge in [0.05, 0.1) is 12.9 Å². The number of aromatic nitrogens is 3. The average Bonchev–Trinajstić information content (AvgIpc) is 3.22. The number of halogens is 1. The highest BCUT2D eigenvalue weighted by molar-refractivity contribution is 7.99. The Kier molecular flexibility index (Phi) is 6.81. The molecule has 0 saturated heterocycles. The van der Waals surface area contributed by atoms with Gasteiger partial charge in [-0.25, -0.2) is 4.39 Å². The van der Waals surface area contributed by atoms with E-state index in [0.717, 1.165) is 22.8 Å². The van der Waals surface area contributed by atoms with Crippen molar-refractivity contribution >= 4 is 23.4 Å². The number of hydrogen-bond donors (Lipinski definition) is 1. The number of nitrogens with one attached hydrogen (secondary N) is 1. The van der Waals surface area contributed by atoms with Gasteiger partial charge < -0.3 is 10.1 Å². The monoisotopic (exact) mass is 448 g/mol. The first-order valence-electron chi connectivity index (χ1n) is 9.93. The van der Waals surface area contributed by atoms with Gasteiger partial charge in [0.1, 0.15) is 17.4 Å². The van der Waals surface area contributed by atoms with E-state index < -0.39 is 0 Å². The van der Waals surface area contributed by atoms with E-state index in [2.05, 4.69) is 15.5 Å². The van der Waals surface area contributed by atoms with Gasteiger partial charge in [0.15, 0.2) is 5.16 Å². The fourth-order valence-corrected chi connectivity index (χ4v) is 3.91. The molecule has 0 unspecified atom stereocenters. The summed E-state index contributed by atoms with van der Waals surface area (Å²) in [4.78, 5) is 12.4. The van der Waals surface area contributed by atoms with E-state index in [4.69, 9.17) is 4.74 Å². The Labute approximate surface area is 189 Å². The highest BCUT2D eigenvalue weighted by Gasteiger charge is 2.16. The topological polar surface area (TPSA) is 69.0 Å². The Hall–Kier alpha value is -3.65. The van der Waals surface area contributed by atoms with Crippen molar-refractivity contribution in [1.82, 2.24) is 14.8 Å². The van der Waals surface area contributed by atoms with Crippen molar-refractivity contribution in [2.45, 2.75) is 11.6 Å². The Morgan fingerprint density at radius 1 is 1.00 bits per heavy atom. The highest BCUT2D eigenvalue weighted by Crippen LogP contribution is 2.25. The highest BCUT2D eigenvalue weighted by atomic mass is 32.2. The van der Waals surface area contributed by atoms with Crippen LogP contribution < -0.4 is 10.1 Å². The van der Waals surface area contributed by atoms with Gasteiger partial charge >= 0.3 is 0 Å². The summed E-state index contributed by atoms with van der Waals surface area (Å²) < 4.78 is 20.3. The van der Waals surface area contributed by atoms with E-state index in [1.54, 1.807) is 7.11 Å². The molecule has 3 aromatic carbocycles. The number of thioether (sulfide) groups is 1. The third-order valence-electron chi connectivity index (χ3n) is 4.70. The summed E-state index contributed by atoms with van der Waals surface area (Å²) >= 11 is 1.29. The zero-order valence-electron chi connectivity index (χ0n) is 17.4. The zero-order chi connectivity index (χ0) is 22.3. The SMILES string of the molecule is COc1ccc(-n2c(Cc3ccccc3)nnc2SCC(=O)Nc2ccc(F)cc2)cc1. The number of amides is 1. The molecule has 8 heteroatoms. The van der Waals surface area contributed by atoms with Gasteiger partial charge in [0.2, 0.25) is 5.91 Å². The van der Waals surface area contributed by atoms with Gasteiger partial charge in [-0.2, -0.15) is 0 Å². The molecule has 1 amide bonds. The number of carbonyl (C=O) groups is 1. The van der Waals surface area contributed by atoms with Gasteiger partial charge in [0, 0.05) is 17.8 Å². The van der Waals surface area contributed by atoms with Crippen LogP contribution in [0.4, 0.5) is 10.1 Å². The Morgan fingerprint density at radius 3 is 2.41 bits per heavy atom. The molecule has 0 spiro atoms. The maximum atomic E-state index is 13.1. The molecule has 0 atom stereocenters. The lowest BCUT2D eigenvalue weighted by Crippen LogP contribution is -2.14. The molecule has 1 heterocycles. The summed E-state index contributed by atoms with van der Waals surface area (Å²) in [5.41, 5.74) is 2.53. The van der Waals surface area contributed by atoms with Gasteiger partial charge in [-0.05, 0) is 54.1 Å². The first kappa shape index (κ1) is 21.6. The molecule has 0 aliphatic carbocycles. The van der Waals surface area contributed by atoms with E-state index in [0.29, 0.717) is 17.3 Å². The van der Waals surface area contributed by atoms with Gasteiger partial charge in [-0.15, -0.1) is 10.2 Å². The lowest BCUT2D eigenvalue weighted by Gasteiger charge is -2.11. The van der Waals surface area contributed by atoms with Crippen LogP contribution >= 0.6 is 11.8 Å².